The van der Waals surface area contributed by atoms with E-state index in [0.717, 1.165) is 0 Å². The van der Waals surface area contributed by atoms with Crippen molar-refractivity contribution in [1.82, 2.24) is 4.98 Å². The standard InChI is InChI=1S/C12H7F2NO4/c13-12(14)18-9-4-1-6(5-10(9)19-12)7-2-3-8(15-7)11(16)17/h1-5,15H,(H,16,17). The molecular formula is C12H7F2NO4. The number of alkyl halides is 2. The Hall–Kier alpha value is -2.57. The first-order valence-electron chi connectivity index (χ1n) is 5.27. The third-order valence-corrected chi connectivity index (χ3v) is 2.63. The molecule has 0 spiro atoms. The average molecular weight is 267 g/mol. The minimum Gasteiger partial charge on any atom is -0.477 e. The van der Waals surface area contributed by atoms with Crippen LogP contribution in [-0.2, 0) is 0 Å². The Morgan fingerprint density at radius 3 is 2.58 bits per heavy atom. The maximum Gasteiger partial charge on any atom is 0.586 e. The lowest BCUT2D eigenvalue weighted by Gasteiger charge is -2.04. The Bertz CT molecular complexity index is 665. The summed E-state index contributed by atoms with van der Waals surface area (Å²) in [4.78, 5) is 13.4. The molecule has 0 atom stereocenters. The highest BCUT2D eigenvalue weighted by molar-refractivity contribution is 5.87. The number of rotatable bonds is 2. The van der Waals surface area contributed by atoms with Gasteiger partial charge < -0.3 is 19.6 Å². The van der Waals surface area contributed by atoms with E-state index < -0.39 is 12.3 Å². The van der Waals surface area contributed by atoms with Crippen LogP contribution in [0, 0.1) is 0 Å². The van der Waals surface area contributed by atoms with Crippen molar-refractivity contribution in [2.45, 2.75) is 6.29 Å². The Labute approximate surface area is 105 Å². The maximum atomic E-state index is 12.9. The summed E-state index contributed by atoms with van der Waals surface area (Å²) >= 11 is 0. The van der Waals surface area contributed by atoms with Gasteiger partial charge in [0.05, 0.1) is 0 Å². The molecule has 1 aromatic carbocycles. The number of nitrogens with one attached hydrogen (secondary N) is 1. The number of aromatic carboxylic acids is 1. The molecule has 0 unspecified atom stereocenters. The third kappa shape index (κ3) is 1.99. The molecule has 5 nitrogen and oxygen atoms in total. The van der Waals surface area contributed by atoms with Gasteiger partial charge in [0, 0.05) is 11.3 Å². The van der Waals surface area contributed by atoms with Gasteiger partial charge in [-0.15, -0.1) is 8.78 Å². The molecule has 2 heterocycles. The zero-order valence-corrected chi connectivity index (χ0v) is 9.31. The first kappa shape index (κ1) is 11.5. The first-order valence-corrected chi connectivity index (χ1v) is 5.27. The van der Waals surface area contributed by atoms with Crippen molar-refractivity contribution in [3.05, 3.63) is 36.0 Å². The predicted octanol–water partition coefficient (Wildman–Crippen LogP) is 2.70. The second-order valence-electron chi connectivity index (χ2n) is 3.92. The smallest absolute Gasteiger partial charge is 0.477 e. The summed E-state index contributed by atoms with van der Waals surface area (Å²) in [6, 6.07) is 7.15. The van der Waals surface area contributed by atoms with Gasteiger partial charge in [0.15, 0.2) is 11.5 Å². The number of aromatic nitrogens is 1. The third-order valence-electron chi connectivity index (χ3n) is 2.63. The Morgan fingerprint density at radius 2 is 1.89 bits per heavy atom. The molecule has 19 heavy (non-hydrogen) atoms. The summed E-state index contributed by atoms with van der Waals surface area (Å²) in [5, 5.41) is 8.79. The number of carboxylic acids is 1. The molecule has 1 aliphatic rings. The van der Waals surface area contributed by atoms with Gasteiger partial charge in [-0.25, -0.2) is 4.79 Å². The van der Waals surface area contributed by atoms with Crippen molar-refractivity contribution in [2.75, 3.05) is 0 Å². The van der Waals surface area contributed by atoms with Crippen molar-refractivity contribution in [3.8, 4) is 22.8 Å². The van der Waals surface area contributed by atoms with E-state index in [1.54, 1.807) is 6.07 Å². The molecule has 0 bridgehead atoms. The summed E-state index contributed by atoms with van der Waals surface area (Å²) < 4.78 is 34.3. The van der Waals surface area contributed by atoms with Gasteiger partial charge in [0.1, 0.15) is 5.69 Å². The minimum atomic E-state index is -3.66. The molecule has 3 rings (SSSR count). The summed E-state index contributed by atoms with van der Waals surface area (Å²) in [5.41, 5.74) is 1.02. The van der Waals surface area contributed by atoms with Gasteiger partial charge in [-0.3, -0.25) is 0 Å². The molecule has 0 saturated carbocycles. The number of carboxylic acid groups (broad SMARTS) is 1. The summed E-state index contributed by atoms with van der Waals surface area (Å²) in [7, 11) is 0. The molecule has 1 aromatic heterocycles. The lowest BCUT2D eigenvalue weighted by molar-refractivity contribution is -0.286. The van der Waals surface area contributed by atoms with Gasteiger partial charge in [-0.2, -0.15) is 0 Å². The molecular weight excluding hydrogens is 260 g/mol. The van der Waals surface area contributed by atoms with E-state index in [-0.39, 0.29) is 17.2 Å². The topological polar surface area (TPSA) is 71.6 Å². The van der Waals surface area contributed by atoms with Crippen LogP contribution in [0.15, 0.2) is 30.3 Å². The van der Waals surface area contributed by atoms with Crippen LogP contribution in [0.3, 0.4) is 0 Å². The van der Waals surface area contributed by atoms with Crippen LogP contribution in [0.1, 0.15) is 10.5 Å². The van der Waals surface area contributed by atoms with Gasteiger partial charge in [0.25, 0.3) is 0 Å². The molecule has 2 aromatic rings. The highest BCUT2D eigenvalue weighted by Gasteiger charge is 2.43. The summed E-state index contributed by atoms with van der Waals surface area (Å²) in [6.45, 7) is 0. The number of benzene rings is 1. The van der Waals surface area contributed by atoms with Gasteiger partial charge >= 0.3 is 12.3 Å². The molecule has 0 aliphatic carbocycles. The lowest BCUT2D eigenvalue weighted by Crippen LogP contribution is -2.25. The van der Waals surface area contributed by atoms with E-state index >= 15 is 0 Å². The first-order chi connectivity index (χ1) is 8.94. The molecule has 0 fully saturated rings. The number of hydrogen-bond acceptors (Lipinski definition) is 3. The highest BCUT2D eigenvalue weighted by atomic mass is 19.3. The van der Waals surface area contributed by atoms with Crippen molar-refractivity contribution in [2.24, 2.45) is 0 Å². The fourth-order valence-corrected chi connectivity index (χ4v) is 1.80. The SMILES string of the molecule is O=C(O)c1ccc(-c2ccc3c(c2)OC(F)(F)O3)[nH]1. The van der Waals surface area contributed by atoms with Crippen molar-refractivity contribution in [1.29, 1.82) is 0 Å². The Kier molecular flexibility index (Phi) is 2.25. The minimum absolute atomic E-state index is 0.0120. The van der Waals surface area contributed by atoms with Crippen LogP contribution < -0.4 is 9.47 Å². The molecule has 0 saturated heterocycles. The van der Waals surface area contributed by atoms with E-state index in [1.807, 2.05) is 0 Å². The van der Waals surface area contributed by atoms with Crippen LogP contribution in [0.2, 0.25) is 0 Å². The van der Waals surface area contributed by atoms with Gasteiger partial charge in [0.2, 0.25) is 0 Å². The van der Waals surface area contributed by atoms with Crippen LogP contribution >= 0.6 is 0 Å². The largest absolute Gasteiger partial charge is 0.586 e. The molecule has 0 radical (unpaired) electrons. The molecule has 2 N–H and O–H groups in total. The second kappa shape index (κ2) is 3.71. The Balaban J connectivity index is 1.97. The van der Waals surface area contributed by atoms with E-state index in [1.165, 1.54) is 24.3 Å². The van der Waals surface area contributed by atoms with Crippen LogP contribution in [0.25, 0.3) is 11.3 Å². The number of ether oxygens (including phenoxy) is 2. The van der Waals surface area contributed by atoms with E-state index in [2.05, 4.69) is 14.5 Å². The zero-order valence-electron chi connectivity index (χ0n) is 9.31. The molecule has 7 heteroatoms. The predicted molar refractivity (Wildman–Crippen MR) is 59.4 cm³/mol. The quantitative estimate of drug-likeness (QED) is 0.877. The number of hydrogen-bond donors (Lipinski definition) is 2. The molecule has 1 aliphatic heterocycles. The van der Waals surface area contributed by atoms with E-state index in [4.69, 9.17) is 5.11 Å². The van der Waals surface area contributed by atoms with Crippen LogP contribution in [0.5, 0.6) is 11.5 Å². The number of fused-ring (bicyclic) bond motifs is 1. The highest BCUT2D eigenvalue weighted by Crippen LogP contribution is 2.42. The average Bonchev–Trinajstić information content (AvgIpc) is 2.89. The molecule has 0 amide bonds. The second-order valence-corrected chi connectivity index (χ2v) is 3.92. The van der Waals surface area contributed by atoms with E-state index in [0.29, 0.717) is 11.3 Å². The number of carbonyl (C=O) groups is 1. The van der Waals surface area contributed by atoms with Crippen LogP contribution in [-0.4, -0.2) is 22.4 Å². The van der Waals surface area contributed by atoms with Crippen molar-refractivity contribution < 1.29 is 28.2 Å². The van der Waals surface area contributed by atoms with Crippen molar-refractivity contribution in [3.63, 3.8) is 0 Å². The fraction of sp³-hybridized carbons (Fsp3) is 0.0833. The van der Waals surface area contributed by atoms with Gasteiger partial charge in [-0.05, 0) is 30.3 Å². The zero-order chi connectivity index (χ0) is 13.6. The number of halogens is 2. The molecule has 98 valence electrons. The lowest BCUT2D eigenvalue weighted by atomic mass is 10.1. The van der Waals surface area contributed by atoms with E-state index in [9.17, 15) is 13.6 Å². The summed E-state index contributed by atoms with van der Waals surface area (Å²) in [6.07, 6.45) is -3.66. The Morgan fingerprint density at radius 1 is 1.16 bits per heavy atom. The van der Waals surface area contributed by atoms with Gasteiger partial charge in [-0.1, -0.05) is 0 Å². The summed E-state index contributed by atoms with van der Waals surface area (Å²) in [5.74, 6) is -1.24. The van der Waals surface area contributed by atoms with Crippen LogP contribution in [0.4, 0.5) is 8.78 Å². The fourth-order valence-electron chi connectivity index (χ4n) is 1.80. The normalized spacial score (nSPS) is 15.5. The maximum absolute atomic E-state index is 12.9. The number of H-pyrrole nitrogens is 1. The monoisotopic (exact) mass is 267 g/mol. The van der Waals surface area contributed by atoms with Crippen molar-refractivity contribution >= 4 is 5.97 Å². The number of aromatic amines is 1.